The molecule has 0 aliphatic heterocycles. The van der Waals surface area contributed by atoms with Crippen LogP contribution in [-0.4, -0.2) is 18.7 Å². The van der Waals surface area contributed by atoms with Crippen molar-refractivity contribution >= 4 is 17.1 Å². The summed E-state index contributed by atoms with van der Waals surface area (Å²) in [5, 5.41) is 0. The van der Waals surface area contributed by atoms with Crippen molar-refractivity contribution in [3.63, 3.8) is 0 Å². The number of carbonyl (C=O) groups is 2. The predicted octanol–water partition coefficient (Wildman–Crippen LogP) is 4.55. The summed E-state index contributed by atoms with van der Waals surface area (Å²) in [4.78, 5) is 25.6. The molecule has 0 radical (unpaired) electrons. The van der Waals surface area contributed by atoms with Crippen LogP contribution < -0.4 is 4.74 Å². The van der Waals surface area contributed by atoms with Crippen LogP contribution in [0.4, 0.5) is 0 Å². The van der Waals surface area contributed by atoms with E-state index in [1.807, 2.05) is 36.4 Å². The third-order valence-corrected chi connectivity index (χ3v) is 4.55. The van der Waals surface area contributed by atoms with E-state index in [2.05, 4.69) is 0 Å². The van der Waals surface area contributed by atoms with Crippen LogP contribution in [0.3, 0.4) is 0 Å². The highest BCUT2D eigenvalue weighted by Gasteiger charge is 2.26. The summed E-state index contributed by atoms with van der Waals surface area (Å²) < 4.78 is 5.20. The van der Waals surface area contributed by atoms with Gasteiger partial charge in [0.15, 0.2) is 11.6 Å². The number of benzene rings is 3. The second-order valence-electron chi connectivity index (χ2n) is 6.07. The monoisotopic (exact) mass is 340 g/mol. The summed E-state index contributed by atoms with van der Waals surface area (Å²) in [6, 6.07) is 21.9. The number of hydrogen-bond acceptors (Lipinski definition) is 3. The Balaban J connectivity index is 1.88. The molecule has 3 heteroatoms. The van der Waals surface area contributed by atoms with Gasteiger partial charge in [-0.05, 0) is 34.9 Å². The number of fused-ring (bicyclic) bond motifs is 2. The summed E-state index contributed by atoms with van der Waals surface area (Å²) in [5.74, 6) is 0.494. The molecule has 0 N–H and O–H groups in total. The molecule has 0 spiro atoms. The Hall–Kier alpha value is -3.46. The average Bonchev–Trinajstić information content (AvgIpc) is 2.71. The molecule has 0 unspecified atom stereocenters. The lowest BCUT2D eigenvalue weighted by Gasteiger charge is -2.21. The first-order valence-electron chi connectivity index (χ1n) is 8.32. The molecular formula is C23H16O3. The molecule has 0 atom stereocenters. The molecular weight excluding hydrogens is 324 g/mol. The maximum Gasteiger partial charge on any atom is 0.194 e. The van der Waals surface area contributed by atoms with E-state index in [0.29, 0.717) is 22.4 Å². The lowest BCUT2D eigenvalue weighted by Crippen LogP contribution is -2.15. The summed E-state index contributed by atoms with van der Waals surface area (Å²) in [7, 11) is 1.57. The van der Waals surface area contributed by atoms with Crippen LogP contribution in [0.1, 0.15) is 37.4 Å². The van der Waals surface area contributed by atoms with Gasteiger partial charge in [0.2, 0.25) is 0 Å². The molecule has 3 nitrogen and oxygen atoms in total. The summed E-state index contributed by atoms with van der Waals surface area (Å²) in [5.41, 5.74) is 4.12. The van der Waals surface area contributed by atoms with Gasteiger partial charge < -0.3 is 4.74 Å². The van der Waals surface area contributed by atoms with E-state index in [1.165, 1.54) is 0 Å². The molecule has 4 rings (SSSR count). The molecule has 126 valence electrons. The van der Waals surface area contributed by atoms with Crippen molar-refractivity contribution in [2.45, 2.75) is 0 Å². The lowest BCUT2D eigenvalue weighted by atomic mass is 9.80. The first-order valence-corrected chi connectivity index (χ1v) is 8.32. The van der Waals surface area contributed by atoms with Crippen molar-refractivity contribution in [3.8, 4) is 5.75 Å². The molecule has 3 aromatic carbocycles. The second kappa shape index (κ2) is 6.45. The van der Waals surface area contributed by atoms with Gasteiger partial charge in [0.1, 0.15) is 5.75 Å². The fraction of sp³-hybridized carbons (Fsp3) is 0.0435. The van der Waals surface area contributed by atoms with Crippen molar-refractivity contribution in [1.82, 2.24) is 0 Å². The molecule has 26 heavy (non-hydrogen) atoms. The SMILES string of the molecule is COc1cccc(C(=O)C=C2c3ccccc3C(=O)c3ccccc32)c1. The van der Waals surface area contributed by atoms with Gasteiger partial charge >= 0.3 is 0 Å². The Morgan fingerprint density at radius 1 is 0.808 bits per heavy atom. The first-order chi connectivity index (χ1) is 12.7. The highest BCUT2D eigenvalue weighted by atomic mass is 16.5. The molecule has 0 amide bonds. The Labute approximate surface area is 151 Å². The molecule has 1 aliphatic carbocycles. The maximum absolute atomic E-state index is 12.9. The fourth-order valence-corrected chi connectivity index (χ4v) is 3.27. The average molecular weight is 340 g/mol. The number of carbonyl (C=O) groups excluding carboxylic acids is 2. The summed E-state index contributed by atoms with van der Waals surface area (Å²) >= 11 is 0. The Bertz CT molecular complexity index is 1010. The standard InChI is InChI=1S/C23H16O3/c1-26-16-8-6-7-15(13-16)22(24)14-21-17-9-2-4-11-19(17)23(25)20-12-5-3-10-18(20)21/h2-14H,1H3. The zero-order chi connectivity index (χ0) is 18.1. The van der Waals surface area contributed by atoms with Crippen LogP contribution in [0, 0.1) is 0 Å². The molecule has 0 fully saturated rings. The minimum absolute atomic E-state index is 0.0119. The number of ketones is 2. The van der Waals surface area contributed by atoms with Gasteiger partial charge in [-0.15, -0.1) is 0 Å². The normalized spacial score (nSPS) is 12.2. The van der Waals surface area contributed by atoms with Gasteiger partial charge in [-0.3, -0.25) is 9.59 Å². The Kier molecular flexibility index (Phi) is 3.98. The van der Waals surface area contributed by atoms with Gasteiger partial charge in [0, 0.05) is 16.7 Å². The van der Waals surface area contributed by atoms with E-state index in [9.17, 15) is 9.59 Å². The van der Waals surface area contributed by atoms with E-state index in [1.54, 1.807) is 49.6 Å². The smallest absolute Gasteiger partial charge is 0.194 e. The predicted molar refractivity (Wildman–Crippen MR) is 101 cm³/mol. The summed E-state index contributed by atoms with van der Waals surface area (Å²) in [6.45, 7) is 0. The topological polar surface area (TPSA) is 43.4 Å². The van der Waals surface area contributed by atoms with Gasteiger partial charge in [0.25, 0.3) is 0 Å². The van der Waals surface area contributed by atoms with Crippen molar-refractivity contribution in [2.24, 2.45) is 0 Å². The quantitative estimate of drug-likeness (QED) is 0.406. The highest BCUT2D eigenvalue weighted by Crippen LogP contribution is 2.36. The van der Waals surface area contributed by atoms with Crippen LogP contribution in [0.25, 0.3) is 5.57 Å². The number of hydrogen-bond donors (Lipinski definition) is 0. The van der Waals surface area contributed by atoms with Crippen molar-refractivity contribution in [3.05, 3.63) is 107 Å². The summed E-state index contributed by atoms with van der Waals surface area (Å²) in [6.07, 6.45) is 1.61. The van der Waals surface area contributed by atoms with Crippen molar-refractivity contribution in [2.75, 3.05) is 7.11 Å². The van der Waals surface area contributed by atoms with Gasteiger partial charge in [-0.2, -0.15) is 0 Å². The molecule has 0 aromatic heterocycles. The molecule has 0 bridgehead atoms. The van der Waals surface area contributed by atoms with E-state index >= 15 is 0 Å². The number of allylic oxidation sites excluding steroid dienone is 1. The van der Waals surface area contributed by atoms with E-state index < -0.39 is 0 Å². The lowest BCUT2D eigenvalue weighted by molar-refractivity contribution is 0.103. The largest absolute Gasteiger partial charge is 0.497 e. The van der Waals surface area contributed by atoms with Gasteiger partial charge in [-0.1, -0.05) is 60.7 Å². The third-order valence-electron chi connectivity index (χ3n) is 4.55. The maximum atomic E-state index is 12.9. The Morgan fingerprint density at radius 3 is 1.96 bits per heavy atom. The Morgan fingerprint density at radius 2 is 1.38 bits per heavy atom. The van der Waals surface area contributed by atoms with Crippen LogP contribution in [-0.2, 0) is 0 Å². The third kappa shape index (κ3) is 2.64. The zero-order valence-electron chi connectivity index (χ0n) is 14.2. The van der Waals surface area contributed by atoms with E-state index in [4.69, 9.17) is 4.74 Å². The molecule has 0 saturated carbocycles. The molecule has 0 saturated heterocycles. The molecule has 0 heterocycles. The minimum atomic E-state index is -0.127. The van der Waals surface area contributed by atoms with E-state index in [0.717, 1.165) is 16.7 Å². The number of methoxy groups -OCH3 is 1. The van der Waals surface area contributed by atoms with Crippen LogP contribution >= 0.6 is 0 Å². The highest BCUT2D eigenvalue weighted by molar-refractivity contribution is 6.21. The van der Waals surface area contributed by atoms with Crippen molar-refractivity contribution in [1.29, 1.82) is 0 Å². The van der Waals surface area contributed by atoms with Crippen LogP contribution in [0.5, 0.6) is 5.75 Å². The van der Waals surface area contributed by atoms with Crippen molar-refractivity contribution < 1.29 is 14.3 Å². The fourth-order valence-electron chi connectivity index (χ4n) is 3.27. The van der Waals surface area contributed by atoms with Crippen LogP contribution in [0.15, 0.2) is 78.9 Å². The zero-order valence-corrected chi connectivity index (χ0v) is 14.2. The second-order valence-corrected chi connectivity index (χ2v) is 6.07. The first kappa shape index (κ1) is 16.0. The number of ether oxygens (including phenoxy) is 1. The van der Waals surface area contributed by atoms with Gasteiger partial charge in [-0.25, -0.2) is 0 Å². The van der Waals surface area contributed by atoms with Gasteiger partial charge in [0.05, 0.1) is 7.11 Å². The number of rotatable bonds is 3. The minimum Gasteiger partial charge on any atom is -0.497 e. The van der Waals surface area contributed by atoms with Crippen LogP contribution in [0.2, 0.25) is 0 Å². The molecule has 3 aromatic rings. The molecule has 1 aliphatic rings. The van der Waals surface area contributed by atoms with E-state index in [-0.39, 0.29) is 11.6 Å².